The van der Waals surface area contributed by atoms with Gasteiger partial charge in [-0.2, -0.15) is 0 Å². The first-order chi connectivity index (χ1) is 20.1. The van der Waals surface area contributed by atoms with E-state index in [0.29, 0.717) is 0 Å². The first kappa shape index (κ1) is 36.8. The van der Waals surface area contributed by atoms with E-state index in [1.54, 1.807) is 14.2 Å². The van der Waals surface area contributed by atoms with Gasteiger partial charge in [0.2, 0.25) is 0 Å². The summed E-state index contributed by atoms with van der Waals surface area (Å²) in [6, 6.07) is 13.1. The number of halogens is 4. The highest BCUT2D eigenvalue weighted by Crippen LogP contribution is 2.54. The standard InChI is InChI=1S/C34H42I4O4Si2/c1-33(2,3)43(9,10)41-27-15-19(35)13-21-23(37)17-25(39-7)31(29(21)27)32-26(40-8)18-24(38)22-14-20(36)16-28(30(22)32)42-44(11,12)34(4,5)6/h13-18H,1-12H3. The minimum Gasteiger partial charge on any atom is -0.543 e. The lowest BCUT2D eigenvalue weighted by Crippen LogP contribution is -2.44. The van der Waals surface area contributed by atoms with Crippen LogP contribution in [0, 0.1) is 14.3 Å². The Morgan fingerprint density at radius 1 is 0.500 bits per heavy atom. The summed E-state index contributed by atoms with van der Waals surface area (Å²) >= 11 is 9.68. The van der Waals surface area contributed by atoms with Gasteiger partial charge in [0.25, 0.3) is 16.6 Å². The van der Waals surface area contributed by atoms with E-state index in [-0.39, 0.29) is 10.1 Å². The average Bonchev–Trinajstić information content (AvgIpc) is 2.87. The molecule has 4 aromatic carbocycles. The normalized spacial score (nSPS) is 13.0. The third kappa shape index (κ3) is 7.04. The number of ether oxygens (including phenoxy) is 2. The minimum atomic E-state index is -2.21. The fraction of sp³-hybridized carbons (Fsp3) is 0.412. The number of hydrogen-bond donors (Lipinski definition) is 0. The molecular formula is C34H42I4O4Si2. The van der Waals surface area contributed by atoms with Crippen molar-refractivity contribution in [1.29, 1.82) is 0 Å². The first-order valence-electron chi connectivity index (χ1n) is 14.5. The van der Waals surface area contributed by atoms with E-state index in [0.717, 1.165) is 70.0 Å². The molecule has 4 rings (SSSR count). The maximum atomic E-state index is 7.17. The SMILES string of the molecule is COc1cc(I)c2cc(I)cc(O[Si](C)(C)C(C)(C)C)c2c1-c1c(OC)cc(I)c2cc(I)cc(O[Si](C)(C)C(C)(C)C)c12. The van der Waals surface area contributed by atoms with Crippen LogP contribution in [0.1, 0.15) is 41.5 Å². The van der Waals surface area contributed by atoms with Gasteiger partial charge in [-0.1, -0.05) is 41.5 Å². The lowest BCUT2D eigenvalue weighted by Gasteiger charge is -2.37. The lowest BCUT2D eigenvalue weighted by molar-refractivity contribution is 0.410. The van der Waals surface area contributed by atoms with Gasteiger partial charge in [-0.25, -0.2) is 0 Å². The van der Waals surface area contributed by atoms with E-state index in [2.05, 4.69) is 194 Å². The van der Waals surface area contributed by atoms with E-state index < -0.39 is 16.6 Å². The van der Waals surface area contributed by atoms with Crippen LogP contribution in [0.2, 0.25) is 36.3 Å². The van der Waals surface area contributed by atoms with Crippen LogP contribution in [0.3, 0.4) is 0 Å². The fourth-order valence-electron chi connectivity index (χ4n) is 4.67. The molecule has 0 heterocycles. The van der Waals surface area contributed by atoms with E-state index in [1.165, 1.54) is 0 Å². The molecule has 0 radical (unpaired) electrons. The monoisotopic (exact) mass is 1080 g/mol. The second kappa shape index (κ2) is 13.1. The predicted octanol–water partition coefficient (Wildman–Crippen LogP) is 12.9. The minimum absolute atomic E-state index is 0.0287. The maximum absolute atomic E-state index is 7.17. The van der Waals surface area contributed by atoms with E-state index in [9.17, 15) is 0 Å². The van der Waals surface area contributed by atoms with E-state index in [4.69, 9.17) is 18.3 Å². The Morgan fingerprint density at radius 2 is 0.818 bits per heavy atom. The predicted molar refractivity (Wildman–Crippen MR) is 227 cm³/mol. The van der Waals surface area contributed by atoms with Crippen molar-refractivity contribution in [1.82, 2.24) is 0 Å². The molecule has 4 aromatic rings. The number of rotatable bonds is 7. The summed E-state index contributed by atoms with van der Waals surface area (Å²) in [6.45, 7) is 22.9. The van der Waals surface area contributed by atoms with Crippen LogP contribution in [0.15, 0.2) is 36.4 Å². The molecule has 0 aliphatic carbocycles. The van der Waals surface area contributed by atoms with Crippen LogP contribution >= 0.6 is 90.4 Å². The van der Waals surface area contributed by atoms with Gasteiger partial charge in [0.15, 0.2) is 0 Å². The molecule has 4 nitrogen and oxygen atoms in total. The van der Waals surface area contributed by atoms with Crippen molar-refractivity contribution in [2.45, 2.75) is 77.8 Å². The van der Waals surface area contributed by atoms with Crippen LogP contribution in [0.4, 0.5) is 0 Å². The van der Waals surface area contributed by atoms with Gasteiger partial charge < -0.3 is 18.3 Å². The second-order valence-corrected chi connectivity index (χ2v) is 28.5. The smallest absolute Gasteiger partial charge is 0.250 e. The zero-order chi connectivity index (χ0) is 33.2. The van der Waals surface area contributed by atoms with Gasteiger partial charge >= 0.3 is 0 Å². The van der Waals surface area contributed by atoms with Crippen molar-refractivity contribution >= 4 is 129 Å². The Balaban J connectivity index is 2.28. The molecule has 0 bridgehead atoms. The van der Waals surface area contributed by atoms with Crippen LogP contribution in [-0.2, 0) is 0 Å². The molecule has 0 N–H and O–H groups in total. The quantitative estimate of drug-likeness (QED) is 0.137. The Morgan fingerprint density at radius 3 is 1.09 bits per heavy atom. The molecule has 0 atom stereocenters. The second-order valence-electron chi connectivity index (χ2n) is 14.2. The van der Waals surface area contributed by atoms with Gasteiger partial charge in [-0.3, -0.25) is 0 Å². The van der Waals surface area contributed by atoms with Crippen molar-refractivity contribution in [2.75, 3.05) is 14.2 Å². The fourth-order valence-corrected chi connectivity index (χ4v) is 9.31. The zero-order valence-electron chi connectivity index (χ0n) is 27.6. The number of methoxy groups -OCH3 is 2. The molecule has 0 aliphatic rings. The van der Waals surface area contributed by atoms with E-state index in [1.807, 2.05) is 0 Å². The molecule has 0 unspecified atom stereocenters. The van der Waals surface area contributed by atoms with Crippen LogP contribution in [-0.4, -0.2) is 30.9 Å². The molecule has 0 saturated heterocycles. The molecular weight excluding hydrogens is 1040 g/mol. The van der Waals surface area contributed by atoms with Crippen molar-refractivity contribution in [3.8, 4) is 34.1 Å². The van der Waals surface area contributed by atoms with Crippen LogP contribution in [0.5, 0.6) is 23.0 Å². The molecule has 0 saturated carbocycles. The summed E-state index contributed by atoms with van der Waals surface area (Å²) < 4.78 is 31.3. The Labute approximate surface area is 319 Å². The molecule has 10 heteroatoms. The van der Waals surface area contributed by atoms with Gasteiger partial charge in [0.1, 0.15) is 23.0 Å². The molecule has 0 fully saturated rings. The van der Waals surface area contributed by atoms with Gasteiger partial charge in [0, 0.05) is 47.0 Å². The Hall–Kier alpha value is -0.0462. The summed E-state index contributed by atoms with van der Waals surface area (Å²) in [5.41, 5.74) is 1.93. The van der Waals surface area contributed by atoms with Crippen molar-refractivity contribution in [3.63, 3.8) is 0 Å². The molecule has 0 spiro atoms. The van der Waals surface area contributed by atoms with Crippen LogP contribution in [0.25, 0.3) is 32.7 Å². The first-order valence-corrected chi connectivity index (χ1v) is 24.6. The highest BCUT2D eigenvalue weighted by Gasteiger charge is 2.41. The highest BCUT2D eigenvalue weighted by molar-refractivity contribution is 14.1. The third-order valence-electron chi connectivity index (χ3n) is 9.19. The maximum Gasteiger partial charge on any atom is 0.250 e. The summed E-state index contributed by atoms with van der Waals surface area (Å²) in [4.78, 5) is 0. The third-order valence-corrected chi connectivity index (χ3v) is 20.9. The van der Waals surface area contributed by atoms with Crippen LogP contribution < -0.4 is 18.3 Å². The number of hydrogen-bond acceptors (Lipinski definition) is 4. The van der Waals surface area contributed by atoms with Crippen molar-refractivity contribution < 1.29 is 18.3 Å². The molecule has 0 aromatic heterocycles. The van der Waals surface area contributed by atoms with Gasteiger partial charge in [0.05, 0.1) is 14.2 Å². The topological polar surface area (TPSA) is 36.9 Å². The average molecular weight is 1080 g/mol. The lowest BCUT2D eigenvalue weighted by atomic mass is 9.91. The molecule has 238 valence electrons. The van der Waals surface area contributed by atoms with Crippen molar-refractivity contribution in [2.24, 2.45) is 0 Å². The summed E-state index contributed by atoms with van der Waals surface area (Å²) in [6.07, 6.45) is 0. The molecule has 44 heavy (non-hydrogen) atoms. The Bertz CT molecular complexity index is 1630. The van der Waals surface area contributed by atoms with E-state index >= 15 is 0 Å². The van der Waals surface area contributed by atoms with Gasteiger partial charge in [-0.05, 0) is 163 Å². The van der Waals surface area contributed by atoms with Gasteiger partial charge in [-0.15, -0.1) is 0 Å². The Kier molecular flexibility index (Phi) is 11.0. The number of fused-ring (bicyclic) bond motifs is 2. The van der Waals surface area contributed by atoms with Crippen molar-refractivity contribution in [3.05, 3.63) is 50.7 Å². The summed E-state index contributed by atoms with van der Waals surface area (Å²) in [5.74, 6) is 3.33. The largest absolute Gasteiger partial charge is 0.543 e. The summed E-state index contributed by atoms with van der Waals surface area (Å²) in [5, 5.41) is 4.40. The molecule has 0 aliphatic heterocycles. The zero-order valence-corrected chi connectivity index (χ0v) is 38.2. The molecule has 0 amide bonds. The highest BCUT2D eigenvalue weighted by atomic mass is 127. The summed E-state index contributed by atoms with van der Waals surface area (Å²) in [7, 11) is -0.921. The number of benzene rings is 4.